The monoisotopic (exact) mass is 276 g/mol. The van der Waals surface area contributed by atoms with Gasteiger partial charge in [-0.25, -0.2) is 0 Å². The van der Waals surface area contributed by atoms with Crippen LogP contribution in [0.4, 0.5) is 0 Å². The molecule has 2 atom stereocenters. The number of aliphatic hydroxyl groups excluding tert-OH is 1. The Balaban J connectivity index is 1.87. The Morgan fingerprint density at radius 2 is 2.06 bits per heavy atom. The summed E-state index contributed by atoms with van der Waals surface area (Å²) in [5, 5.41) is 9.14. The van der Waals surface area contributed by atoms with Gasteiger partial charge in [-0.1, -0.05) is 12.8 Å². The molecule has 5 nitrogen and oxygen atoms in total. The average Bonchev–Trinajstić information content (AvgIpc) is 3.12. The van der Waals surface area contributed by atoms with Crippen molar-refractivity contribution in [3.63, 3.8) is 0 Å². The molecule has 1 heterocycles. The molecule has 0 spiro atoms. The first-order valence-corrected chi connectivity index (χ1v) is 8.33. The van der Waals surface area contributed by atoms with Crippen LogP contribution in [-0.2, 0) is 10.2 Å². The fourth-order valence-electron chi connectivity index (χ4n) is 2.62. The molecule has 106 valence electrons. The van der Waals surface area contributed by atoms with E-state index in [2.05, 4.69) is 4.72 Å². The summed E-state index contributed by atoms with van der Waals surface area (Å²) >= 11 is 0. The molecule has 2 aliphatic rings. The maximum absolute atomic E-state index is 12.2. The summed E-state index contributed by atoms with van der Waals surface area (Å²) in [6.45, 7) is 3.02. The van der Waals surface area contributed by atoms with Gasteiger partial charge >= 0.3 is 0 Å². The first-order chi connectivity index (χ1) is 8.51. The third-order valence-corrected chi connectivity index (χ3v) is 5.53. The zero-order chi connectivity index (χ0) is 13.2. The summed E-state index contributed by atoms with van der Waals surface area (Å²) in [6.07, 6.45) is 5.17. The van der Waals surface area contributed by atoms with E-state index in [-0.39, 0.29) is 18.6 Å². The third-order valence-electron chi connectivity index (χ3n) is 3.81. The highest BCUT2D eigenvalue weighted by molar-refractivity contribution is 7.87. The lowest BCUT2D eigenvalue weighted by Gasteiger charge is -2.31. The second-order valence-electron chi connectivity index (χ2n) is 5.75. The smallest absolute Gasteiger partial charge is 0.279 e. The molecule has 1 aliphatic heterocycles. The van der Waals surface area contributed by atoms with E-state index in [1.165, 1.54) is 17.1 Å². The number of hydrogen-bond acceptors (Lipinski definition) is 3. The van der Waals surface area contributed by atoms with Gasteiger partial charge in [0.2, 0.25) is 0 Å². The van der Waals surface area contributed by atoms with E-state index in [9.17, 15) is 8.42 Å². The molecule has 0 amide bonds. The van der Waals surface area contributed by atoms with Crippen molar-refractivity contribution in [1.29, 1.82) is 0 Å². The molecule has 2 fully saturated rings. The Morgan fingerprint density at radius 3 is 2.67 bits per heavy atom. The Hall–Kier alpha value is -0.170. The first kappa shape index (κ1) is 14.2. The Labute approximate surface area is 110 Å². The van der Waals surface area contributed by atoms with Crippen molar-refractivity contribution in [3.8, 4) is 0 Å². The number of aliphatic hydroxyl groups is 1. The number of nitrogens with zero attached hydrogens (tertiary/aromatic N) is 1. The van der Waals surface area contributed by atoms with Crippen molar-refractivity contribution in [2.75, 3.05) is 19.7 Å². The van der Waals surface area contributed by atoms with Gasteiger partial charge in [0.25, 0.3) is 10.2 Å². The minimum Gasteiger partial charge on any atom is -0.396 e. The first-order valence-electron chi connectivity index (χ1n) is 6.89. The summed E-state index contributed by atoms with van der Waals surface area (Å²) in [5.74, 6) is 0.809. The average molecular weight is 276 g/mol. The predicted octanol–water partition coefficient (Wildman–Crippen LogP) is 0.714. The van der Waals surface area contributed by atoms with Crippen LogP contribution in [0.1, 0.15) is 39.0 Å². The molecule has 0 radical (unpaired) electrons. The number of piperidine rings is 1. The molecule has 6 heteroatoms. The zero-order valence-corrected chi connectivity index (χ0v) is 11.8. The van der Waals surface area contributed by atoms with Gasteiger partial charge in [0.1, 0.15) is 0 Å². The molecule has 1 saturated carbocycles. The van der Waals surface area contributed by atoms with Crippen molar-refractivity contribution in [1.82, 2.24) is 9.03 Å². The summed E-state index contributed by atoms with van der Waals surface area (Å²) in [7, 11) is -3.37. The molecule has 18 heavy (non-hydrogen) atoms. The SMILES string of the molecule is CC(CC1CC1)NS(=O)(=O)N1CCCC(CO)C1. The van der Waals surface area contributed by atoms with Crippen molar-refractivity contribution in [2.24, 2.45) is 11.8 Å². The zero-order valence-electron chi connectivity index (χ0n) is 11.0. The summed E-state index contributed by atoms with van der Waals surface area (Å²) in [5.41, 5.74) is 0. The molecule has 0 bridgehead atoms. The van der Waals surface area contributed by atoms with Crippen molar-refractivity contribution >= 4 is 10.2 Å². The van der Waals surface area contributed by atoms with Gasteiger partial charge in [0, 0.05) is 25.7 Å². The minimum atomic E-state index is -3.37. The second kappa shape index (κ2) is 5.86. The van der Waals surface area contributed by atoms with E-state index in [4.69, 9.17) is 5.11 Å². The van der Waals surface area contributed by atoms with E-state index in [0.29, 0.717) is 19.0 Å². The van der Waals surface area contributed by atoms with Gasteiger partial charge in [0.05, 0.1) is 0 Å². The van der Waals surface area contributed by atoms with E-state index in [1.807, 2.05) is 6.92 Å². The molecule has 0 aromatic rings. The highest BCUT2D eigenvalue weighted by Gasteiger charge is 2.31. The Kier molecular flexibility index (Phi) is 4.64. The molecule has 2 unspecified atom stereocenters. The van der Waals surface area contributed by atoms with Crippen LogP contribution in [0.5, 0.6) is 0 Å². The third kappa shape index (κ3) is 3.91. The van der Waals surface area contributed by atoms with Crippen LogP contribution in [0.15, 0.2) is 0 Å². The van der Waals surface area contributed by atoms with Crippen LogP contribution in [0, 0.1) is 11.8 Å². The number of rotatable bonds is 6. The molecule has 2 N–H and O–H groups in total. The van der Waals surface area contributed by atoms with Crippen LogP contribution in [0.2, 0.25) is 0 Å². The van der Waals surface area contributed by atoms with Crippen molar-refractivity contribution in [2.45, 2.75) is 45.1 Å². The fourth-order valence-corrected chi connectivity index (χ4v) is 4.15. The highest BCUT2D eigenvalue weighted by atomic mass is 32.2. The number of hydrogen-bond donors (Lipinski definition) is 2. The summed E-state index contributed by atoms with van der Waals surface area (Å²) in [6, 6.07) is 0.0111. The predicted molar refractivity (Wildman–Crippen MR) is 70.2 cm³/mol. The molecule has 1 aliphatic carbocycles. The molecule has 1 saturated heterocycles. The van der Waals surface area contributed by atoms with Crippen LogP contribution in [-0.4, -0.2) is 43.6 Å². The van der Waals surface area contributed by atoms with Gasteiger partial charge in [-0.2, -0.15) is 17.4 Å². The van der Waals surface area contributed by atoms with Crippen LogP contribution in [0.3, 0.4) is 0 Å². The largest absolute Gasteiger partial charge is 0.396 e. The van der Waals surface area contributed by atoms with Crippen molar-refractivity contribution in [3.05, 3.63) is 0 Å². The lowest BCUT2D eigenvalue weighted by atomic mass is 10.0. The Morgan fingerprint density at radius 1 is 1.33 bits per heavy atom. The van der Waals surface area contributed by atoms with Gasteiger partial charge in [-0.3, -0.25) is 0 Å². The molecule has 0 aromatic carbocycles. The molecular weight excluding hydrogens is 252 g/mol. The lowest BCUT2D eigenvalue weighted by Crippen LogP contribution is -2.49. The summed E-state index contributed by atoms with van der Waals surface area (Å²) < 4.78 is 28.6. The fraction of sp³-hybridized carbons (Fsp3) is 1.00. The summed E-state index contributed by atoms with van der Waals surface area (Å²) in [4.78, 5) is 0. The van der Waals surface area contributed by atoms with Gasteiger partial charge in [0.15, 0.2) is 0 Å². The standard InChI is InChI=1S/C12H24N2O3S/c1-10(7-11-4-5-11)13-18(16,17)14-6-2-3-12(8-14)9-15/h10-13,15H,2-9H2,1H3. The van der Waals surface area contributed by atoms with E-state index >= 15 is 0 Å². The molecular formula is C12H24N2O3S. The van der Waals surface area contributed by atoms with Crippen LogP contribution < -0.4 is 4.72 Å². The van der Waals surface area contributed by atoms with Gasteiger partial charge in [-0.15, -0.1) is 0 Å². The van der Waals surface area contributed by atoms with Crippen LogP contribution >= 0.6 is 0 Å². The molecule has 0 aromatic heterocycles. The topological polar surface area (TPSA) is 69.6 Å². The highest BCUT2D eigenvalue weighted by Crippen LogP contribution is 2.33. The quantitative estimate of drug-likeness (QED) is 0.751. The lowest BCUT2D eigenvalue weighted by molar-refractivity contribution is 0.164. The van der Waals surface area contributed by atoms with Gasteiger partial charge in [-0.05, 0) is 38.0 Å². The maximum Gasteiger partial charge on any atom is 0.279 e. The van der Waals surface area contributed by atoms with E-state index < -0.39 is 10.2 Å². The normalized spacial score (nSPS) is 28.2. The van der Waals surface area contributed by atoms with Gasteiger partial charge < -0.3 is 5.11 Å². The molecule has 2 rings (SSSR count). The second-order valence-corrected chi connectivity index (χ2v) is 7.45. The van der Waals surface area contributed by atoms with E-state index in [0.717, 1.165) is 19.3 Å². The number of nitrogens with one attached hydrogen (secondary N) is 1. The minimum absolute atomic E-state index is 0.0111. The van der Waals surface area contributed by atoms with Crippen molar-refractivity contribution < 1.29 is 13.5 Å². The maximum atomic E-state index is 12.2. The van der Waals surface area contributed by atoms with E-state index in [1.54, 1.807) is 0 Å². The van der Waals surface area contributed by atoms with Crippen LogP contribution in [0.25, 0.3) is 0 Å². The Bertz CT molecular complexity index is 368.